The van der Waals surface area contributed by atoms with Gasteiger partial charge in [-0.15, -0.1) is 0 Å². The molecule has 0 aromatic rings. The predicted molar refractivity (Wildman–Crippen MR) is 78.4 cm³/mol. The molecule has 0 bridgehead atoms. The van der Waals surface area contributed by atoms with Crippen molar-refractivity contribution in [2.75, 3.05) is 6.54 Å². The summed E-state index contributed by atoms with van der Waals surface area (Å²) in [7, 11) is 0. The lowest BCUT2D eigenvalue weighted by atomic mass is 10.1. The zero-order valence-corrected chi connectivity index (χ0v) is 14.8. The van der Waals surface area contributed by atoms with Crippen LogP contribution in [0.3, 0.4) is 0 Å². The van der Waals surface area contributed by atoms with Gasteiger partial charge < -0.3 is 22.3 Å². The van der Waals surface area contributed by atoms with Crippen LogP contribution >= 0.6 is 0 Å². The van der Waals surface area contributed by atoms with Gasteiger partial charge in [0.1, 0.15) is 0 Å². The first kappa shape index (κ1) is 20.8. The molecule has 112 valence electrons. The molecule has 0 aliphatic rings. The van der Waals surface area contributed by atoms with Crippen molar-refractivity contribution in [1.82, 2.24) is 0 Å². The molecule has 0 heterocycles. The third-order valence-electron chi connectivity index (χ3n) is 3.31. The van der Waals surface area contributed by atoms with E-state index in [1.807, 2.05) is 0 Å². The van der Waals surface area contributed by atoms with Crippen molar-refractivity contribution in [2.45, 2.75) is 97.4 Å². The summed E-state index contributed by atoms with van der Waals surface area (Å²) in [6, 6.07) is 0. The average Bonchev–Trinajstić information content (AvgIpc) is 2.24. The van der Waals surface area contributed by atoms with Gasteiger partial charge in [0.05, 0.1) is 12.1 Å². The van der Waals surface area contributed by atoms with Crippen LogP contribution in [0.4, 0.5) is 0 Å². The molecule has 0 atom stereocenters. The Kier molecular flexibility index (Phi) is 16.0. The van der Waals surface area contributed by atoms with Crippen LogP contribution in [0.25, 0.3) is 0 Å². The molecule has 0 spiro atoms. The van der Waals surface area contributed by atoms with Crippen LogP contribution in [-0.2, 0) is 0 Å². The van der Waals surface area contributed by atoms with Crippen LogP contribution in [0.15, 0.2) is 0 Å². The summed E-state index contributed by atoms with van der Waals surface area (Å²) in [5.41, 5.74) is 0.416. The van der Waals surface area contributed by atoms with Crippen LogP contribution in [0.1, 0.15) is 91.9 Å². The van der Waals surface area contributed by atoms with Crippen LogP contribution in [-0.4, -0.2) is 12.1 Å². The number of halogens is 1. The Morgan fingerprint density at radius 2 is 1.06 bits per heavy atom. The second-order valence-electron chi connectivity index (χ2n) is 6.54. The highest BCUT2D eigenvalue weighted by Gasteiger charge is 2.11. The van der Waals surface area contributed by atoms with Crippen molar-refractivity contribution in [1.29, 1.82) is 0 Å². The molecular formula is C16H36BrN. The summed E-state index contributed by atoms with van der Waals surface area (Å²) in [6.45, 7) is 10.5. The summed E-state index contributed by atoms with van der Waals surface area (Å²) < 4.78 is 0. The van der Waals surface area contributed by atoms with E-state index in [0.29, 0.717) is 5.54 Å². The molecule has 1 nitrogen and oxygen atoms in total. The molecule has 0 aliphatic carbocycles. The minimum absolute atomic E-state index is 0. The molecule has 0 aromatic heterocycles. The minimum Gasteiger partial charge on any atom is -1.00 e. The third kappa shape index (κ3) is 18.8. The summed E-state index contributed by atoms with van der Waals surface area (Å²) in [6.07, 6.45) is 14.4. The van der Waals surface area contributed by atoms with E-state index in [2.05, 4.69) is 33.0 Å². The van der Waals surface area contributed by atoms with E-state index in [9.17, 15) is 0 Å². The van der Waals surface area contributed by atoms with Crippen LogP contribution in [0.2, 0.25) is 0 Å². The Labute approximate surface area is 126 Å². The molecule has 0 saturated heterocycles. The van der Waals surface area contributed by atoms with Crippen molar-refractivity contribution in [3.8, 4) is 0 Å². The van der Waals surface area contributed by atoms with Gasteiger partial charge in [-0.05, 0) is 33.6 Å². The third-order valence-corrected chi connectivity index (χ3v) is 3.31. The summed E-state index contributed by atoms with van der Waals surface area (Å²) in [5.74, 6) is 0. The summed E-state index contributed by atoms with van der Waals surface area (Å²) in [5, 5.41) is 2.47. The Bertz CT molecular complexity index is 152. The largest absolute Gasteiger partial charge is 1.00 e. The fourth-order valence-electron chi connectivity index (χ4n) is 2.17. The molecule has 0 radical (unpaired) electrons. The Morgan fingerprint density at radius 1 is 0.667 bits per heavy atom. The highest BCUT2D eigenvalue weighted by molar-refractivity contribution is 4.52. The van der Waals surface area contributed by atoms with E-state index in [1.165, 1.54) is 70.8 Å². The van der Waals surface area contributed by atoms with E-state index in [1.54, 1.807) is 0 Å². The first-order valence-electron chi connectivity index (χ1n) is 7.90. The molecule has 18 heavy (non-hydrogen) atoms. The Morgan fingerprint density at radius 3 is 1.44 bits per heavy atom. The zero-order chi connectivity index (χ0) is 13.0. The number of rotatable bonds is 11. The van der Waals surface area contributed by atoms with Gasteiger partial charge in [0.25, 0.3) is 0 Å². The average molecular weight is 322 g/mol. The molecule has 0 aliphatic heterocycles. The number of hydrogen-bond acceptors (Lipinski definition) is 0. The van der Waals surface area contributed by atoms with E-state index >= 15 is 0 Å². The van der Waals surface area contributed by atoms with Gasteiger partial charge in [-0.1, -0.05) is 58.3 Å². The molecule has 0 fully saturated rings. The van der Waals surface area contributed by atoms with Gasteiger partial charge in [-0.3, -0.25) is 0 Å². The van der Waals surface area contributed by atoms with Gasteiger partial charge in [0.2, 0.25) is 0 Å². The fraction of sp³-hybridized carbons (Fsp3) is 1.00. The van der Waals surface area contributed by atoms with Gasteiger partial charge in [0, 0.05) is 0 Å². The van der Waals surface area contributed by atoms with E-state index in [-0.39, 0.29) is 17.0 Å². The van der Waals surface area contributed by atoms with Gasteiger partial charge in [-0.2, -0.15) is 0 Å². The van der Waals surface area contributed by atoms with Crippen LogP contribution < -0.4 is 22.3 Å². The molecular weight excluding hydrogens is 286 g/mol. The lowest BCUT2D eigenvalue weighted by Crippen LogP contribution is -3.00. The molecule has 0 rings (SSSR count). The first-order valence-corrected chi connectivity index (χ1v) is 7.90. The number of hydrogen-bond donors (Lipinski definition) is 1. The van der Waals surface area contributed by atoms with E-state index in [0.717, 1.165) is 0 Å². The molecule has 0 aromatic carbocycles. The molecule has 0 unspecified atom stereocenters. The van der Waals surface area contributed by atoms with E-state index < -0.39 is 0 Å². The second kappa shape index (κ2) is 13.9. The maximum atomic E-state index is 2.47. The highest BCUT2D eigenvalue weighted by Crippen LogP contribution is 2.09. The standard InChI is InChI=1S/C16H35N.BrH/c1-5-6-7-8-9-10-11-12-13-14-15-17-16(2,3)4;/h17H,5-15H2,1-4H3;1H. The van der Waals surface area contributed by atoms with Crippen molar-refractivity contribution in [3.05, 3.63) is 0 Å². The van der Waals surface area contributed by atoms with Crippen LogP contribution in [0.5, 0.6) is 0 Å². The minimum atomic E-state index is 0. The molecule has 2 N–H and O–H groups in total. The fourth-order valence-corrected chi connectivity index (χ4v) is 2.17. The van der Waals surface area contributed by atoms with Crippen molar-refractivity contribution in [2.24, 2.45) is 0 Å². The summed E-state index contributed by atoms with van der Waals surface area (Å²) in [4.78, 5) is 0. The number of nitrogens with two attached hydrogens (primary N) is 1. The lowest BCUT2D eigenvalue weighted by Gasteiger charge is -2.16. The van der Waals surface area contributed by atoms with Gasteiger partial charge >= 0.3 is 0 Å². The number of unbranched alkanes of at least 4 members (excludes halogenated alkanes) is 9. The Hall–Kier alpha value is 0.440. The maximum absolute atomic E-state index is 2.47. The topological polar surface area (TPSA) is 16.6 Å². The molecule has 2 heteroatoms. The monoisotopic (exact) mass is 321 g/mol. The van der Waals surface area contributed by atoms with E-state index in [4.69, 9.17) is 0 Å². The molecule has 0 saturated carbocycles. The molecule has 0 amide bonds. The van der Waals surface area contributed by atoms with Crippen molar-refractivity contribution in [3.63, 3.8) is 0 Å². The second-order valence-corrected chi connectivity index (χ2v) is 6.54. The lowest BCUT2D eigenvalue weighted by molar-refractivity contribution is -0.717. The normalized spacial score (nSPS) is 11.3. The quantitative estimate of drug-likeness (QED) is 0.552. The van der Waals surface area contributed by atoms with Crippen molar-refractivity contribution >= 4 is 0 Å². The smallest absolute Gasteiger partial charge is 0.0876 e. The highest BCUT2D eigenvalue weighted by atomic mass is 79.9. The summed E-state index contributed by atoms with van der Waals surface area (Å²) >= 11 is 0. The first-order chi connectivity index (χ1) is 8.06. The zero-order valence-electron chi connectivity index (χ0n) is 13.2. The predicted octanol–water partition coefficient (Wildman–Crippen LogP) is 1.27. The Balaban J connectivity index is 0. The SMILES string of the molecule is CCCCCCCCCCCC[NH2+]C(C)(C)C.[Br-]. The maximum Gasteiger partial charge on any atom is 0.0876 e. The van der Waals surface area contributed by atoms with Crippen LogP contribution in [0, 0.1) is 0 Å². The number of quaternary nitrogens is 1. The van der Waals surface area contributed by atoms with Gasteiger partial charge in [-0.25, -0.2) is 0 Å². The van der Waals surface area contributed by atoms with Gasteiger partial charge in [0.15, 0.2) is 0 Å². The van der Waals surface area contributed by atoms with Crippen molar-refractivity contribution < 1.29 is 22.3 Å².